The van der Waals surface area contributed by atoms with Crippen molar-refractivity contribution in [3.63, 3.8) is 0 Å². The highest BCUT2D eigenvalue weighted by Crippen LogP contribution is 2.40. The van der Waals surface area contributed by atoms with Crippen molar-refractivity contribution in [2.45, 2.75) is 19.4 Å². The van der Waals surface area contributed by atoms with Gasteiger partial charge in [0.25, 0.3) is 0 Å². The monoisotopic (exact) mass is 333 g/mol. The molecule has 0 spiro atoms. The molecular formula is C15H12ClN3O2S. The second-order valence-corrected chi connectivity index (χ2v) is 7.09. The van der Waals surface area contributed by atoms with Gasteiger partial charge in [-0.25, -0.2) is 14.7 Å². The number of hydrogen-bond acceptors (Lipinski definition) is 5. The van der Waals surface area contributed by atoms with E-state index in [1.54, 1.807) is 24.3 Å². The number of amides is 1. The van der Waals surface area contributed by atoms with Gasteiger partial charge in [0.15, 0.2) is 5.13 Å². The summed E-state index contributed by atoms with van der Waals surface area (Å²) in [6, 6.07) is 9.06. The molecule has 112 valence electrons. The molecule has 1 saturated heterocycles. The Morgan fingerprint density at radius 2 is 2.09 bits per heavy atom. The van der Waals surface area contributed by atoms with Gasteiger partial charge in [0, 0.05) is 5.56 Å². The van der Waals surface area contributed by atoms with E-state index in [-0.39, 0.29) is 0 Å². The Hall–Kier alpha value is -2.10. The van der Waals surface area contributed by atoms with Crippen molar-refractivity contribution in [3.8, 4) is 17.3 Å². The predicted molar refractivity (Wildman–Crippen MR) is 85.2 cm³/mol. The summed E-state index contributed by atoms with van der Waals surface area (Å²) in [5, 5.41) is 9.35. The van der Waals surface area contributed by atoms with Crippen LogP contribution in [0.3, 0.4) is 0 Å². The van der Waals surface area contributed by atoms with Crippen molar-refractivity contribution < 1.29 is 9.53 Å². The molecule has 0 radical (unpaired) electrons. The molecule has 3 rings (SSSR count). The molecule has 5 nitrogen and oxygen atoms in total. The number of halogens is 1. The van der Waals surface area contributed by atoms with Crippen LogP contribution in [0.2, 0.25) is 4.34 Å². The first-order chi connectivity index (χ1) is 10.4. The van der Waals surface area contributed by atoms with Crippen LogP contribution < -0.4 is 4.90 Å². The molecule has 1 aliphatic rings. The standard InChI is InChI=1S/C15H12ClN3O2S/c1-15(2)8-21-14(20)19(15)13-18-11(12(16)22-13)10-5-3-9(7-17)4-6-10/h3-6H,8H2,1-2H3. The fourth-order valence-electron chi connectivity index (χ4n) is 2.22. The van der Waals surface area contributed by atoms with Crippen LogP contribution in [0.1, 0.15) is 19.4 Å². The van der Waals surface area contributed by atoms with Crippen LogP contribution in [0.5, 0.6) is 0 Å². The van der Waals surface area contributed by atoms with Crippen LogP contribution in [0.15, 0.2) is 24.3 Å². The summed E-state index contributed by atoms with van der Waals surface area (Å²) >= 11 is 7.52. The fourth-order valence-corrected chi connectivity index (χ4v) is 3.55. The minimum absolute atomic E-state index is 0.315. The van der Waals surface area contributed by atoms with Crippen molar-refractivity contribution in [2.24, 2.45) is 0 Å². The van der Waals surface area contributed by atoms with Gasteiger partial charge in [-0.3, -0.25) is 0 Å². The Morgan fingerprint density at radius 3 is 2.64 bits per heavy atom. The summed E-state index contributed by atoms with van der Waals surface area (Å²) in [6.07, 6.45) is -0.415. The molecule has 0 saturated carbocycles. The van der Waals surface area contributed by atoms with Crippen LogP contribution >= 0.6 is 22.9 Å². The first-order valence-corrected chi connectivity index (χ1v) is 7.76. The lowest BCUT2D eigenvalue weighted by atomic mass is 10.1. The molecule has 7 heteroatoms. The van der Waals surface area contributed by atoms with E-state index < -0.39 is 11.6 Å². The Bertz CT molecular complexity index is 777. The number of ether oxygens (including phenoxy) is 1. The highest BCUT2D eigenvalue weighted by molar-refractivity contribution is 7.20. The molecule has 2 aromatic rings. The Balaban J connectivity index is 2.00. The summed E-state index contributed by atoms with van der Waals surface area (Å²) in [7, 11) is 0. The largest absolute Gasteiger partial charge is 0.447 e. The van der Waals surface area contributed by atoms with Gasteiger partial charge >= 0.3 is 6.09 Å². The number of nitrogens with zero attached hydrogens (tertiary/aromatic N) is 3. The molecule has 1 aliphatic heterocycles. The number of carbonyl (C=O) groups excluding carboxylic acids is 1. The van der Waals surface area contributed by atoms with Crippen LogP contribution in [0.25, 0.3) is 11.3 Å². The average molecular weight is 334 g/mol. The number of hydrogen-bond donors (Lipinski definition) is 0. The van der Waals surface area contributed by atoms with Gasteiger partial charge in [0.05, 0.1) is 17.2 Å². The molecule has 1 fully saturated rings. The van der Waals surface area contributed by atoms with E-state index in [0.717, 1.165) is 5.56 Å². The molecular weight excluding hydrogens is 322 g/mol. The second kappa shape index (κ2) is 5.27. The van der Waals surface area contributed by atoms with Gasteiger partial charge in [-0.05, 0) is 26.0 Å². The number of thiazole rings is 1. The van der Waals surface area contributed by atoms with Gasteiger partial charge in [-0.15, -0.1) is 0 Å². The maximum absolute atomic E-state index is 11.9. The van der Waals surface area contributed by atoms with E-state index in [1.165, 1.54) is 16.2 Å². The second-order valence-electron chi connectivity index (χ2n) is 5.51. The Labute approximate surface area is 136 Å². The molecule has 1 amide bonds. The van der Waals surface area contributed by atoms with E-state index in [9.17, 15) is 4.79 Å². The van der Waals surface area contributed by atoms with Crippen molar-refractivity contribution >= 4 is 34.2 Å². The molecule has 2 heterocycles. The number of cyclic esters (lactones) is 1. The van der Waals surface area contributed by atoms with Gasteiger partial charge in [-0.1, -0.05) is 35.1 Å². The highest BCUT2D eigenvalue weighted by Gasteiger charge is 2.43. The summed E-state index contributed by atoms with van der Waals surface area (Å²) in [5.41, 5.74) is 1.51. The van der Waals surface area contributed by atoms with Crippen LogP contribution in [-0.2, 0) is 4.74 Å². The van der Waals surface area contributed by atoms with E-state index in [2.05, 4.69) is 11.1 Å². The number of nitriles is 1. The molecule has 22 heavy (non-hydrogen) atoms. The lowest BCUT2D eigenvalue weighted by Crippen LogP contribution is -2.42. The number of rotatable bonds is 2. The molecule has 1 aromatic heterocycles. The minimum Gasteiger partial charge on any atom is -0.447 e. The van der Waals surface area contributed by atoms with Crippen molar-refractivity contribution in [1.82, 2.24) is 4.98 Å². The normalized spacial score (nSPS) is 16.5. The summed E-state index contributed by atoms with van der Waals surface area (Å²) in [5.74, 6) is 0. The van der Waals surface area contributed by atoms with Gasteiger partial charge in [0.1, 0.15) is 16.6 Å². The lowest BCUT2D eigenvalue weighted by Gasteiger charge is -2.24. The number of anilines is 1. The van der Waals surface area contributed by atoms with Crippen LogP contribution in [-0.4, -0.2) is 23.2 Å². The third-order valence-corrected chi connectivity index (χ3v) is 4.63. The third-order valence-electron chi connectivity index (χ3n) is 3.39. The van der Waals surface area contributed by atoms with Crippen molar-refractivity contribution in [1.29, 1.82) is 5.26 Å². The molecule has 1 aromatic carbocycles. The average Bonchev–Trinajstić information content (AvgIpc) is 2.98. The van der Waals surface area contributed by atoms with Gasteiger partial charge in [-0.2, -0.15) is 5.26 Å². The third kappa shape index (κ3) is 2.43. The van der Waals surface area contributed by atoms with E-state index in [0.29, 0.717) is 27.3 Å². The van der Waals surface area contributed by atoms with E-state index in [1.807, 2.05) is 13.8 Å². The maximum atomic E-state index is 11.9. The first-order valence-electron chi connectivity index (χ1n) is 6.56. The van der Waals surface area contributed by atoms with E-state index >= 15 is 0 Å². The zero-order valence-corrected chi connectivity index (χ0v) is 13.5. The number of benzene rings is 1. The fraction of sp³-hybridized carbons (Fsp3) is 0.267. The Morgan fingerprint density at radius 1 is 1.41 bits per heavy atom. The highest BCUT2D eigenvalue weighted by atomic mass is 35.5. The molecule has 0 N–H and O–H groups in total. The van der Waals surface area contributed by atoms with Crippen molar-refractivity contribution in [2.75, 3.05) is 11.5 Å². The Kier molecular flexibility index (Phi) is 3.55. The number of carbonyl (C=O) groups is 1. The molecule has 0 unspecified atom stereocenters. The first kappa shape index (κ1) is 14.8. The van der Waals surface area contributed by atoms with Crippen molar-refractivity contribution in [3.05, 3.63) is 34.2 Å². The molecule has 0 aliphatic carbocycles. The van der Waals surface area contributed by atoms with Gasteiger partial charge in [0.2, 0.25) is 0 Å². The van der Waals surface area contributed by atoms with Crippen LogP contribution in [0.4, 0.5) is 9.93 Å². The summed E-state index contributed by atoms with van der Waals surface area (Å²) < 4.78 is 5.59. The maximum Gasteiger partial charge on any atom is 0.416 e. The van der Waals surface area contributed by atoms with Crippen LogP contribution in [0, 0.1) is 11.3 Å². The summed E-state index contributed by atoms with van der Waals surface area (Å²) in [6.45, 7) is 4.14. The lowest BCUT2D eigenvalue weighted by molar-refractivity contribution is 0.175. The smallest absolute Gasteiger partial charge is 0.416 e. The molecule has 0 atom stereocenters. The zero-order chi connectivity index (χ0) is 15.9. The zero-order valence-electron chi connectivity index (χ0n) is 12.0. The quantitative estimate of drug-likeness (QED) is 0.830. The minimum atomic E-state index is -0.458. The summed E-state index contributed by atoms with van der Waals surface area (Å²) in [4.78, 5) is 17.9. The van der Waals surface area contributed by atoms with Gasteiger partial charge < -0.3 is 4.74 Å². The topological polar surface area (TPSA) is 66.2 Å². The predicted octanol–water partition coefficient (Wildman–Crippen LogP) is 4.07. The number of aromatic nitrogens is 1. The molecule has 0 bridgehead atoms. The van der Waals surface area contributed by atoms with E-state index in [4.69, 9.17) is 21.6 Å². The SMILES string of the molecule is CC1(C)COC(=O)N1c1nc(-c2ccc(C#N)cc2)c(Cl)s1.